The van der Waals surface area contributed by atoms with Crippen LogP contribution in [0.2, 0.25) is 0 Å². The number of anilines is 2. The molecule has 0 heterocycles. The number of methoxy groups -OCH3 is 2. The number of hydrogen-bond acceptors (Lipinski definition) is 20. The zero-order valence-electron chi connectivity index (χ0n) is 32.1. The van der Waals surface area contributed by atoms with Gasteiger partial charge in [-0.15, -0.1) is 20.5 Å². The van der Waals surface area contributed by atoms with Crippen LogP contribution in [0, 0.1) is 20.2 Å². The van der Waals surface area contributed by atoms with E-state index in [2.05, 4.69) is 31.1 Å². The molecule has 4 aromatic carbocycles. The molecule has 0 spiro atoms. The number of nitro groups is 2. The molecule has 316 valence electrons. The van der Waals surface area contributed by atoms with E-state index in [1.54, 1.807) is 0 Å². The molecule has 0 aromatic heterocycles. The summed E-state index contributed by atoms with van der Waals surface area (Å²) in [5.74, 6) is -1.33. The molecule has 4 rings (SSSR count). The third kappa shape index (κ3) is 15.3. The van der Waals surface area contributed by atoms with Gasteiger partial charge in [0.15, 0.2) is 11.4 Å². The molecule has 4 aromatic rings. The molecule has 0 aliphatic heterocycles. The van der Waals surface area contributed by atoms with Crippen molar-refractivity contribution in [3.05, 3.63) is 93.0 Å². The molecule has 2 N–H and O–H groups in total. The van der Waals surface area contributed by atoms with Crippen LogP contribution in [0.5, 0.6) is 11.5 Å². The Labute approximate surface area is 385 Å². The van der Waals surface area contributed by atoms with Gasteiger partial charge in [0.1, 0.15) is 64.5 Å². The van der Waals surface area contributed by atoms with Crippen molar-refractivity contribution < 1.29 is 64.4 Å². The summed E-state index contributed by atoms with van der Waals surface area (Å²) in [6.45, 7) is 2.48. The van der Waals surface area contributed by atoms with Crippen LogP contribution in [0.15, 0.2) is 103 Å². The Kier molecular flexibility index (Phi) is 19.1. The van der Waals surface area contributed by atoms with E-state index in [1.165, 1.54) is 64.5 Å². The number of nitro benzene ring substituents is 2. The van der Waals surface area contributed by atoms with E-state index < -0.39 is 74.4 Å². The van der Waals surface area contributed by atoms with Crippen LogP contribution in [0.4, 0.5) is 45.5 Å². The Balaban J connectivity index is 0.000000413. The summed E-state index contributed by atoms with van der Waals surface area (Å²) in [6, 6.07) is 14.5. The van der Waals surface area contributed by atoms with E-state index in [9.17, 15) is 65.3 Å². The van der Waals surface area contributed by atoms with Crippen molar-refractivity contribution in [1.29, 1.82) is 0 Å². The summed E-state index contributed by atoms with van der Waals surface area (Å²) in [5.41, 5.74) is -2.75. The molecule has 0 saturated heterocycles. The summed E-state index contributed by atoms with van der Waals surface area (Å²) >= 11 is 0. The smallest absolute Gasteiger partial charge is 0.744 e. The maximum atomic E-state index is 11.9. The second kappa shape index (κ2) is 22.7. The number of azo groups is 2. The molecule has 24 nitrogen and oxygen atoms in total. The first-order valence-corrected chi connectivity index (χ1v) is 19.1. The SMILES string of the molecule is COc1ccc(NC(=O)CC(C)=O)c(N=Nc2cccc(S(=O)(=O)[O-])c2[N+](=O)[O-])c1.COc1ccc(NC(=O)CC(C)=O)c(N=Nc2cccc(S(=O)(=O)[O-])c2[N+](=O)[O-])c1.[Ba+2]. The van der Waals surface area contributed by atoms with E-state index >= 15 is 0 Å². The van der Waals surface area contributed by atoms with Crippen LogP contribution in [0.25, 0.3) is 0 Å². The van der Waals surface area contributed by atoms with E-state index in [0.717, 1.165) is 36.4 Å². The quantitative estimate of drug-likeness (QED) is 0.0359. The Morgan fingerprint density at radius 1 is 0.590 bits per heavy atom. The predicted octanol–water partition coefficient (Wildman–Crippen LogP) is 5.30. The third-order valence-corrected chi connectivity index (χ3v) is 8.90. The number of amides is 2. The van der Waals surface area contributed by atoms with Crippen molar-refractivity contribution in [3.8, 4) is 11.5 Å². The fraction of sp³-hybridized carbons (Fsp3) is 0.176. The number of para-hydroxylation sites is 2. The van der Waals surface area contributed by atoms with Crippen LogP contribution < -0.4 is 20.1 Å². The van der Waals surface area contributed by atoms with Crippen molar-refractivity contribution in [2.24, 2.45) is 20.5 Å². The number of ketones is 2. The minimum atomic E-state index is -5.13. The Bertz CT molecular complexity index is 2480. The first-order chi connectivity index (χ1) is 28.0. The minimum absolute atomic E-state index is 0. The maximum absolute atomic E-state index is 11.9. The van der Waals surface area contributed by atoms with E-state index in [4.69, 9.17) is 9.47 Å². The molecule has 27 heteroatoms. The molecular formula is C34H30BaN8O16S2. The molecule has 61 heavy (non-hydrogen) atoms. The average Bonchev–Trinajstić information content (AvgIpc) is 3.15. The first-order valence-electron chi connectivity index (χ1n) is 16.3. The second-order valence-corrected chi connectivity index (χ2v) is 14.4. The summed E-state index contributed by atoms with van der Waals surface area (Å²) in [6.07, 6.45) is -0.755. The zero-order chi connectivity index (χ0) is 44.9. The Morgan fingerprint density at radius 3 is 1.20 bits per heavy atom. The molecule has 0 bridgehead atoms. The fourth-order valence-electron chi connectivity index (χ4n) is 4.66. The third-order valence-electron chi connectivity index (χ3n) is 7.17. The van der Waals surface area contributed by atoms with E-state index in [1.807, 2.05) is 0 Å². The van der Waals surface area contributed by atoms with Crippen molar-refractivity contribution >= 4 is 138 Å². The predicted molar refractivity (Wildman–Crippen MR) is 210 cm³/mol. The Hall–Kier alpha value is -5.85. The van der Waals surface area contributed by atoms with Gasteiger partial charge in [-0.25, -0.2) is 16.8 Å². The molecule has 0 saturated carbocycles. The van der Waals surface area contributed by atoms with Crippen LogP contribution >= 0.6 is 0 Å². The van der Waals surface area contributed by atoms with Gasteiger partial charge < -0.3 is 29.2 Å². The van der Waals surface area contributed by atoms with Crippen LogP contribution in [0.3, 0.4) is 0 Å². The van der Waals surface area contributed by atoms with Crippen molar-refractivity contribution in [3.63, 3.8) is 0 Å². The molecule has 0 atom stereocenters. The summed E-state index contributed by atoms with van der Waals surface area (Å²) < 4.78 is 78.0. The van der Waals surface area contributed by atoms with Gasteiger partial charge in [-0.3, -0.25) is 39.4 Å². The number of Topliss-reactive ketones (excluding diaryl/α,β-unsaturated/α-hetero) is 2. The van der Waals surface area contributed by atoms with Crippen molar-refractivity contribution in [1.82, 2.24) is 0 Å². The van der Waals surface area contributed by atoms with Gasteiger partial charge >= 0.3 is 60.3 Å². The number of carbonyl (C=O) groups is 4. The average molecular weight is 1010 g/mol. The maximum Gasteiger partial charge on any atom is 2.00 e. The molecule has 0 aliphatic carbocycles. The van der Waals surface area contributed by atoms with Gasteiger partial charge in [0.05, 0.1) is 48.3 Å². The molecule has 0 fully saturated rings. The monoisotopic (exact) mass is 1010 g/mol. The van der Waals surface area contributed by atoms with Gasteiger partial charge in [-0.2, -0.15) is 0 Å². The number of carbonyl (C=O) groups excluding carboxylic acids is 4. The van der Waals surface area contributed by atoms with Gasteiger partial charge in [0.25, 0.3) is 0 Å². The van der Waals surface area contributed by atoms with Crippen LogP contribution in [-0.4, -0.2) is 122 Å². The standard InChI is InChI=1S/2C17H16N4O8S.Ba/c2*1-10(22)8-16(23)18-12-7-6-11(29-2)9-14(12)20-19-13-4-3-5-15(30(26,27)28)17(13)21(24)25;/h2*3-7,9H,8H2,1-2H3,(H,18,23)(H,26,27,28);/q;;+2/p-2. The first kappa shape index (κ1) is 51.3. The molecule has 2 amide bonds. The topological polar surface area (TPSA) is 361 Å². The van der Waals surface area contributed by atoms with Crippen LogP contribution in [0.1, 0.15) is 26.7 Å². The van der Waals surface area contributed by atoms with Crippen molar-refractivity contribution in [2.75, 3.05) is 24.9 Å². The minimum Gasteiger partial charge on any atom is -0.744 e. The van der Waals surface area contributed by atoms with E-state index in [0.29, 0.717) is 11.5 Å². The summed E-state index contributed by atoms with van der Waals surface area (Å²) in [5, 5.41) is 42.5. The molecule has 0 aliphatic rings. The normalized spacial score (nSPS) is 11.1. The summed E-state index contributed by atoms with van der Waals surface area (Å²) in [7, 11) is -7.52. The second-order valence-electron chi connectivity index (χ2n) is 11.7. The molecular weight excluding hydrogens is 978 g/mol. The Morgan fingerprint density at radius 2 is 0.918 bits per heavy atom. The van der Waals surface area contributed by atoms with E-state index in [-0.39, 0.29) is 96.0 Å². The van der Waals surface area contributed by atoms with Crippen molar-refractivity contribution in [2.45, 2.75) is 36.5 Å². The van der Waals surface area contributed by atoms with Gasteiger partial charge in [0.2, 0.25) is 11.8 Å². The number of ether oxygens (including phenoxy) is 2. The fourth-order valence-corrected chi connectivity index (χ4v) is 5.99. The van der Waals surface area contributed by atoms with Gasteiger partial charge in [-0.05, 0) is 62.4 Å². The van der Waals surface area contributed by atoms with Gasteiger partial charge in [-0.1, -0.05) is 12.1 Å². The number of nitrogens with zero attached hydrogens (tertiary/aromatic N) is 6. The largest absolute Gasteiger partial charge is 2.00 e. The number of benzene rings is 4. The zero-order valence-corrected chi connectivity index (χ0v) is 38.2. The van der Waals surface area contributed by atoms with Crippen LogP contribution in [-0.2, 0) is 39.4 Å². The van der Waals surface area contributed by atoms with Gasteiger partial charge in [0, 0.05) is 12.1 Å². The number of nitrogens with one attached hydrogen (secondary N) is 2. The number of hydrogen-bond donors (Lipinski definition) is 2. The number of rotatable bonds is 16. The summed E-state index contributed by atoms with van der Waals surface area (Å²) in [4.78, 5) is 64.3. The molecule has 0 unspecified atom stereocenters. The molecule has 0 radical (unpaired) electrons.